The van der Waals surface area contributed by atoms with Crippen molar-refractivity contribution in [2.45, 2.75) is 147 Å². The molecule has 0 unspecified atom stereocenters. The number of Topliss-reactive ketones (excluding diaryl/α,β-unsaturated/α-hetero) is 2. The maximum atomic E-state index is 11.2. The van der Waals surface area contributed by atoms with Gasteiger partial charge in [0.15, 0.2) is 0 Å². The third-order valence-corrected chi connectivity index (χ3v) is 15.8. The molecule has 0 bridgehead atoms. The van der Waals surface area contributed by atoms with Gasteiger partial charge in [-0.05, 0) is 93.6 Å². The van der Waals surface area contributed by atoms with Crippen molar-refractivity contribution in [3.8, 4) is 0 Å². The van der Waals surface area contributed by atoms with Crippen LogP contribution in [0.25, 0.3) is 0 Å². The average molecular weight is 880 g/mol. The molecule has 350 valence electrons. The maximum Gasteiger partial charge on any atom is 0.137 e. The molecule has 2 aliphatic carbocycles. The number of aliphatic hydroxyl groups excluding tert-OH is 1. The Labute approximate surface area is 361 Å². The average Bonchev–Trinajstić information content (AvgIpc) is 3.16. The van der Waals surface area contributed by atoms with Crippen molar-refractivity contribution in [2.24, 2.45) is 56.9 Å². The molecule has 6 rings (SSSR count). The normalized spacial score (nSPS) is 29.3. The fourth-order valence-corrected chi connectivity index (χ4v) is 9.34. The standard InChI is InChI=1S/C8H15NO2.C7H15NO.C6H13NO2.C6H13NOS.C6H11NO.C6H13N.C4H9NS/c1-7(10)8(6-9)2-4-11-5-3-8;1-6(9)7(2,3)4-5-8;7-5-6(8)1-3-9-4-2-6;1-9(8)4-2-6(7)3-5-9;1-4(8)5-2-6(7)3-5;7-6-4-2-1-3-5-6;1-6-2-4(5)3-6/h2-6,9H2,1H3;4-5,8H2,1-3H3;8H,1-5,7H2;6H,1-5,7H2;5-6,8H,1-3,7H2;6H,1-5,7H2;4H,1-3,5H2. The first-order chi connectivity index (χ1) is 27.5. The van der Waals surface area contributed by atoms with Crippen LogP contribution in [0, 0.1) is 16.7 Å². The molecule has 0 aromatic rings. The predicted molar refractivity (Wildman–Crippen MR) is 253 cm³/mol. The van der Waals surface area contributed by atoms with Crippen molar-refractivity contribution in [3.05, 3.63) is 12.3 Å². The number of carbonyl (C=O) groups is 2. The molecule has 0 radical (unpaired) electrons. The molecule has 2 saturated carbocycles. The second kappa shape index (κ2) is 29.9. The Morgan fingerprint density at radius 3 is 1.44 bits per heavy atom. The van der Waals surface area contributed by atoms with E-state index in [2.05, 4.69) is 18.3 Å². The number of rotatable bonds is 7. The van der Waals surface area contributed by atoms with Gasteiger partial charge >= 0.3 is 0 Å². The van der Waals surface area contributed by atoms with Crippen molar-refractivity contribution in [1.29, 1.82) is 0 Å². The van der Waals surface area contributed by atoms with E-state index < -0.39 is 15.1 Å². The largest absolute Gasteiger partial charge is 0.513 e. The summed E-state index contributed by atoms with van der Waals surface area (Å²) in [4.78, 5) is 22.0. The molecule has 16 N–H and O–H groups in total. The van der Waals surface area contributed by atoms with E-state index in [1.165, 1.54) is 43.6 Å². The SMILES string of the molecule is C=C(O)C1CC(N)C1.C=S1(=O)CCC(N)CC1.C=S1CC(N)C1.CC(=O)C(C)(C)CCN.CC(=O)C1(CN)CCOCC1.NC1CCCCC1.NCC1(O)CCOCC1. The minimum Gasteiger partial charge on any atom is -0.513 e. The summed E-state index contributed by atoms with van der Waals surface area (Å²) in [6.45, 7) is 14.5. The van der Waals surface area contributed by atoms with Gasteiger partial charge in [0, 0.05) is 116 Å². The van der Waals surface area contributed by atoms with Crippen LogP contribution in [0.5, 0.6) is 0 Å². The fourth-order valence-electron chi connectivity index (χ4n) is 6.56. The second-order valence-electron chi connectivity index (χ2n) is 17.9. The maximum absolute atomic E-state index is 11.2. The summed E-state index contributed by atoms with van der Waals surface area (Å²) in [5, 5.41) is 18.2. The number of allylic oxidation sites excluding steroid dienone is 1. The van der Waals surface area contributed by atoms with Crippen LogP contribution in [0.1, 0.15) is 118 Å². The number of hydrogen-bond acceptors (Lipinski definition) is 14. The van der Waals surface area contributed by atoms with E-state index in [0.29, 0.717) is 99.2 Å². The summed E-state index contributed by atoms with van der Waals surface area (Å²) in [6, 6.07) is 1.62. The summed E-state index contributed by atoms with van der Waals surface area (Å²) in [5.74, 6) is 12.3. The quantitative estimate of drug-likeness (QED) is 0.131. The lowest BCUT2D eigenvalue weighted by Gasteiger charge is -2.33. The van der Waals surface area contributed by atoms with Gasteiger partial charge in [-0.25, -0.2) is 0 Å². The Balaban J connectivity index is 0.000000669. The minimum absolute atomic E-state index is 0.211. The molecule has 6 aliphatic rings. The van der Waals surface area contributed by atoms with Gasteiger partial charge in [0.25, 0.3) is 0 Å². The molecule has 0 amide bonds. The third kappa shape index (κ3) is 26.1. The number of aliphatic hydroxyl groups is 2. The number of ether oxygens (including phenoxy) is 2. The Hall–Kier alpha value is -1.28. The molecule has 0 spiro atoms. The van der Waals surface area contributed by atoms with Crippen LogP contribution in [0.15, 0.2) is 12.3 Å². The fraction of sp³-hybridized carbons (Fsp3) is 0.860. The zero-order valence-corrected chi connectivity index (χ0v) is 39.1. The van der Waals surface area contributed by atoms with E-state index in [1.54, 1.807) is 13.8 Å². The van der Waals surface area contributed by atoms with Gasteiger partial charge in [-0.3, -0.25) is 13.8 Å². The monoisotopic (exact) mass is 880 g/mol. The summed E-state index contributed by atoms with van der Waals surface area (Å²) < 4.78 is 21.4. The number of hydrogen-bond donors (Lipinski definition) is 9. The number of nitrogens with two attached hydrogens (primary N) is 7. The highest BCUT2D eigenvalue weighted by Gasteiger charge is 2.35. The Kier molecular flexibility index (Phi) is 29.3. The van der Waals surface area contributed by atoms with E-state index in [0.717, 1.165) is 56.5 Å². The first-order valence-corrected chi connectivity index (χ1v) is 25.5. The van der Waals surface area contributed by atoms with Crippen molar-refractivity contribution in [3.63, 3.8) is 0 Å². The zero-order valence-electron chi connectivity index (χ0n) is 37.5. The van der Waals surface area contributed by atoms with Crippen LogP contribution in [-0.2, 0) is 28.6 Å². The molecule has 0 aromatic heterocycles. The molecule has 14 nitrogen and oxygen atoms in total. The van der Waals surface area contributed by atoms with Gasteiger partial charge in [0.1, 0.15) is 11.6 Å². The van der Waals surface area contributed by atoms with Gasteiger partial charge < -0.3 is 59.8 Å². The lowest BCUT2D eigenvalue weighted by Crippen LogP contribution is -2.42. The van der Waals surface area contributed by atoms with Gasteiger partial charge in [-0.1, -0.05) is 45.6 Å². The van der Waals surface area contributed by atoms with Crippen molar-refractivity contribution in [2.75, 3.05) is 69.1 Å². The Bertz CT molecular complexity index is 1290. The molecule has 59 heavy (non-hydrogen) atoms. The Morgan fingerprint density at radius 1 is 0.780 bits per heavy atom. The molecule has 0 aromatic carbocycles. The molecular weight excluding hydrogens is 791 g/mol. The van der Waals surface area contributed by atoms with Gasteiger partial charge in [-0.2, -0.15) is 10.5 Å². The molecule has 4 heterocycles. The van der Waals surface area contributed by atoms with Gasteiger partial charge in [0.05, 0.1) is 11.4 Å². The van der Waals surface area contributed by atoms with E-state index in [-0.39, 0.29) is 28.4 Å². The summed E-state index contributed by atoms with van der Waals surface area (Å²) in [6.07, 6.45) is 14.0. The van der Waals surface area contributed by atoms with Gasteiger partial charge in [-0.15, -0.1) is 0 Å². The van der Waals surface area contributed by atoms with E-state index in [4.69, 9.17) is 54.7 Å². The highest BCUT2D eigenvalue weighted by Crippen LogP contribution is 2.30. The lowest BCUT2D eigenvalue weighted by molar-refractivity contribution is -0.131. The topological polar surface area (TPSA) is 292 Å². The molecular formula is C43H89N7O7S2. The first-order valence-electron chi connectivity index (χ1n) is 21.7. The van der Waals surface area contributed by atoms with E-state index in [1.807, 2.05) is 13.8 Å². The van der Waals surface area contributed by atoms with Crippen LogP contribution >= 0.6 is 10.5 Å². The molecule has 4 saturated heterocycles. The number of ketones is 2. The highest BCUT2D eigenvalue weighted by molar-refractivity contribution is 8.15. The smallest absolute Gasteiger partial charge is 0.137 e. The summed E-state index contributed by atoms with van der Waals surface area (Å²) >= 11 is 0. The summed E-state index contributed by atoms with van der Waals surface area (Å²) in [5.41, 5.74) is 37.2. The van der Waals surface area contributed by atoms with Gasteiger partial charge in [0.2, 0.25) is 0 Å². The second-order valence-corrected chi connectivity index (χ2v) is 22.5. The number of carbonyl (C=O) groups excluding carboxylic acids is 2. The lowest BCUT2D eigenvalue weighted by atomic mass is 9.77. The van der Waals surface area contributed by atoms with Crippen LogP contribution in [-0.4, -0.2) is 137 Å². The third-order valence-electron chi connectivity index (χ3n) is 12.0. The van der Waals surface area contributed by atoms with Crippen LogP contribution in [0.4, 0.5) is 0 Å². The van der Waals surface area contributed by atoms with Crippen LogP contribution in [0.3, 0.4) is 0 Å². The predicted octanol–water partition coefficient (Wildman–Crippen LogP) is 2.69. The van der Waals surface area contributed by atoms with Crippen molar-refractivity contribution in [1.82, 2.24) is 0 Å². The van der Waals surface area contributed by atoms with Crippen molar-refractivity contribution < 1.29 is 33.5 Å². The highest BCUT2D eigenvalue weighted by atomic mass is 32.2. The first kappa shape index (κ1) is 57.7. The molecule has 0 atom stereocenters. The van der Waals surface area contributed by atoms with Crippen LogP contribution in [0.2, 0.25) is 0 Å². The van der Waals surface area contributed by atoms with E-state index >= 15 is 0 Å². The minimum atomic E-state index is -1.70. The molecule has 6 fully saturated rings. The zero-order chi connectivity index (χ0) is 45.3. The molecule has 4 aliphatic heterocycles. The Morgan fingerprint density at radius 2 is 1.24 bits per heavy atom. The summed E-state index contributed by atoms with van der Waals surface area (Å²) in [7, 11) is -1.24. The molecule has 16 heteroatoms. The van der Waals surface area contributed by atoms with E-state index in [9.17, 15) is 18.9 Å². The van der Waals surface area contributed by atoms with Crippen LogP contribution < -0.4 is 40.1 Å². The van der Waals surface area contributed by atoms with Crippen molar-refractivity contribution >= 4 is 43.3 Å².